The highest BCUT2D eigenvalue weighted by Gasteiger charge is 2.19. The van der Waals surface area contributed by atoms with Gasteiger partial charge < -0.3 is 10.1 Å². The largest absolute Gasteiger partial charge is 0.453 e. The number of nitrogens with zero attached hydrogens (tertiary/aromatic N) is 1. The highest BCUT2D eigenvalue weighted by Crippen LogP contribution is 2.12. The van der Waals surface area contributed by atoms with Gasteiger partial charge in [-0.05, 0) is 31.0 Å². The van der Waals surface area contributed by atoms with Gasteiger partial charge in [0.15, 0.2) is 11.9 Å². The fourth-order valence-corrected chi connectivity index (χ4v) is 2.60. The van der Waals surface area contributed by atoms with E-state index >= 15 is 0 Å². The smallest absolute Gasteiger partial charge is 0.307 e. The summed E-state index contributed by atoms with van der Waals surface area (Å²) >= 11 is 5.73. The third-order valence-corrected chi connectivity index (χ3v) is 4.25. The first-order valence-corrected chi connectivity index (χ1v) is 9.51. The Labute approximate surface area is 169 Å². The Morgan fingerprint density at radius 3 is 2.43 bits per heavy atom. The number of carbonyl (C=O) groups is 3. The quantitative estimate of drug-likeness (QED) is 0.501. The molecular formula is C21H23ClN2O4. The number of rotatable bonds is 9. The van der Waals surface area contributed by atoms with Crippen LogP contribution in [0.1, 0.15) is 49.0 Å². The molecule has 2 rings (SSSR count). The molecule has 0 fully saturated rings. The van der Waals surface area contributed by atoms with Crippen molar-refractivity contribution < 1.29 is 19.1 Å². The van der Waals surface area contributed by atoms with E-state index < -0.39 is 18.0 Å². The zero-order chi connectivity index (χ0) is 20.5. The number of ether oxygens (including phenoxy) is 1. The molecule has 0 aliphatic rings. The molecule has 0 radical (unpaired) electrons. The maximum Gasteiger partial charge on any atom is 0.307 e. The van der Waals surface area contributed by atoms with Crippen LogP contribution in [0.25, 0.3) is 0 Å². The molecule has 1 N–H and O–H groups in total. The van der Waals surface area contributed by atoms with Gasteiger partial charge in [0.25, 0.3) is 5.91 Å². The van der Waals surface area contributed by atoms with Gasteiger partial charge in [0.05, 0.1) is 11.4 Å². The van der Waals surface area contributed by atoms with Crippen molar-refractivity contribution in [1.82, 2.24) is 4.98 Å². The number of esters is 1. The summed E-state index contributed by atoms with van der Waals surface area (Å²) in [7, 11) is 0. The summed E-state index contributed by atoms with van der Waals surface area (Å²) in [5.74, 6) is -0.954. The molecule has 0 unspecified atom stereocenters. The summed E-state index contributed by atoms with van der Waals surface area (Å²) in [6.07, 6.45) is 2.33. The van der Waals surface area contributed by atoms with E-state index in [4.69, 9.17) is 16.3 Å². The van der Waals surface area contributed by atoms with Crippen molar-refractivity contribution in [2.24, 2.45) is 0 Å². The monoisotopic (exact) mass is 402 g/mol. The Bertz CT molecular complexity index is 819. The van der Waals surface area contributed by atoms with Gasteiger partial charge in [-0.15, -0.1) is 0 Å². The van der Waals surface area contributed by atoms with Crippen molar-refractivity contribution in [3.8, 4) is 0 Å². The van der Waals surface area contributed by atoms with Crippen LogP contribution in [0.4, 0.5) is 5.82 Å². The maximum atomic E-state index is 12.2. The van der Waals surface area contributed by atoms with Crippen LogP contribution in [-0.2, 0) is 20.7 Å². The van der Waals surface area contributed by atoms with Crippen molar-refractivity contribution in [3.05, 3.63) is 58.7 Å². The second kappa shape index (κ2) is 10.6. The average molecular weight is 403 g/mol. The first-order chi connectivity index (χ1) is 13.4. The van der Waals surface area contributed by atoms with Crippen LogP contribution < -0.4 is 5.32 Å². The number of hydrogen-bond donors (Lipinski definition) is 1. The van der Waals surface area contributed by atoms with E-state index in [1.54, 1.807) is 24.3 Å². The first-order valence-electron chi connectivity index (χ1n) is 9.13. The second-order valence-electron chi connectivity index (χ2n) is 6.35. The molecule has 0 bridgehead atoms. The van der Waals surface area contributed by atoms with Crippen LogP contribution in [0.5, 0.6) is 0 Å². The van der Waals surface area contributed by atoms with Gasteiger partial charge in [0.1, 0.15) is 5.82 Å². The Balaban J connectivity index is 1.78. The summed E-state index contributed by atoms with van der Waals surface area (Å²) in [4.78, 5) is 40.1. The number of ketones is 1. The lowest BCUT2D eigenvalue weighted by Crippen LogP contribution is -2.30. The molecule has 6 nitrogen and oxygen atoms in total. The molecule has 148 valence electrons. The van der Waals surface area contributed by atoms with E-state index in [2.05, 4.69) is 17.2 Å². The van der Waals surface area contributed by atoms with Crippen LogP contribution in [-0.4, -0.2) is 28.7 Å². The lowest BCUT2D eigenvalue weighted by Gasteiger charge is -2.13. The third kappa shape index (κ3) is 6.78. The Hall–Kier alpha value is -2.73. The summed E-state index contributed by atoms with van der Waals surface area (Å²) in [5, 5.41) is 2.97. The summed E-state index contributed by atoms with van der Waals surface area (Å²) in [6.45, 7) is 3.55. The fourth-order valence-electron chi connectivity index (χ4n) is 2.49. The molecule has 1 amide bonds. The number of benzene rings is 1. The lowest BCUT2D eigenvalue weighted by atomic mass is 10.0. The normalized spacial score (nSPS) is 11.5. The lowest BCUT2D eigenvalue weighted by molar-refractivity contribution is -0.153. The zero-order valence-electron chi connectivity index (χ0n) is 15.9. The minimum atomic E-state index is -1.01. The van der Waals surface area contributed by atoms with Gasteiger partial charge in [-0.3, -0.25) is 14.4 Å². The van der Waals surface area contributed by atoms with E-state index in [9.17, 15) is 14.4 Å². The molecule has 1 atom stereocenters. The number of Topliss-reactive ketones (excluding diaryl/α,β-unsaturated/α-hetero) is 1. The van der Waals surface area contributed by atoms with Crippen molar-refractivity contribution in [3.63, 3.8) is 0 Å². The Kier molecular flexibility index (Phi) is 8.14. The predicted octanol–water partition coefficient (Wildman–Crippen LogP) is 4.22. The number of aromatic nitrogens is 1. The van der Waals surface area contributed by atoms with Gasteiger partial charge in [-0.2, -0.15) is 0 Å². The molecule has 28 heavy (non-hydrogen) atoms. The highest BCUT2D eigenvalue weighted by atomic mass is 35.5. The van der Waals surface area contributed by atoms with Gasteiger partial charge in [-0.25, -0.2) is 4.98 Å². The van der Waals surface area contributed by atoms with Crippen molar-refractivity contribution in [2.75, 3.05) is 5.32 Å². The van der Waals surface area contributed by atoms with Crippen LogP contribution in [0.2, 0.25) is 5.02 Å². The number of amides is 1. The van der Waals surface area contributed by atoms with Gasteiger partial charge in [0.2, 0.25) is 0 Å². The van der Waals surface area contributed by atoms with Crippen molar-refractivity contribution in [1.29, 1.82) is 0 Å². The Morgan fingerprint density at radius 2 is 1.82 bits per heavy atom. The number of halogens is 1. The van der Waals surface area contributed by atoms with Gasteiger partial charge in [-0.1, -0.05) is 49.2 Å². The molecule has 0 saturated carbocycles. The standard InChI is InChI=1S/C21H23ClN2O4/c1-3-4-15-5-7-16(8-6-15)18(25)10-12-20(26)28-14(2)21(27)24-19-11-9-17(22)13-23-19/h5-9,11,13-14H,3-4,10,12H2,1-2H3,(H,23,24,27)/t14-/m0/s1. The van der Waals surface area contributed by atoms with Gasteiger partial charge >= 0.3 is 5.97 Å². The van der Waals surface area contributed by atoms with E-state index in [0.717, 1.165) is 12.8 Å². The predicted molar refractivity (Wildman–Crippen MR) is 107 cm³/mol. The molecule has 0 saturated heterocycles. The van der Waals surface area contributed by atoms with Crippen LogP contribution in [0, 0.1) is 0 Å². The molecular weight excluding hydrogens is 380 g/mol. The number of carbonyl (C=O) groups excluding carboxylic acids is 3. The molecule has 2 aromatic rings. The number of aryl methyl sites for hydroxylation is 1. The maximum absolute atomic E-state index is 12.2. The summed E-state index contributed by atoms with van der Waals surface area (Å²) < 4.78 is 5.09. The Morgan fingerprint density at radius 1 is 1.11 bits per heavy atom. The first kappa shape index (κ1) is 21.6. The average Bonchev–Trinajstić information content (AvgIpc) is 2.68. The highest BCUT2D eigenvalue weighted by molar-refractivity contribution is 6.30. The minimum absolute atomic E-state index is 0.0268. The number of hydrogen-bond acceptors (Lipinski definition) is 5. The number of nitrogens with one attached hydrogen (secondary N) is 1. The SMILES string of the molecule is CCCc1ccc(C(=O)CCC(=O)O[C@@H](C)C(=O)Nc2ccc(Cl)cn2)cc1. The number of pyridine rings is 1. The van der Waals surface area contributed by atoms with E-state index in [0.29, 0.717) is 16.4 Å². The van der Waals surface area contributed by atoms with E-state index in [1.165, 1.54) is 18.7 Å². The summed E-state index contributed by atoms with van der Waals surface area (Å²) in [6, 6.07) is 10.5. The zero-order valence-corrected chi connectivity index (χ0v) is 16.7. The van der Waals surface area contributed by atoms with Gasteiger partial charge in [0, 0.05) is 18.2 Å². The molecule has 1 heterocycles. The van der Waals surface area contributed by atoms with E-state index in [1.807, 2.05) is 12.1 Å². The number of anilines is 1. The molecule has 1 aromatic heterocycles. The summed E-state index contributed by atoms with van der Waals surface area (Å²) in [5.41, 5.74) is 1.74. The molecule has 7 heteroatoms. The molecule has 1 aromatic carbocycles. The van der Waals surface area contributed by atoms with E-state index in [-0.39, 0.29) is 18.6 Å². The molecule has 0 aliphatic carbocycles. The van der Waals surface area contributed by atoms with Crippen LogP contribution >= 0.6 is 11.6 Å². The molecule has 0 spiro atoms. The van der Waals surface area contributed by atoms with Crippen LogP contribution in [0.15, 0.2) is 42.6 Å². The fraction of sp³-hybridized carbons (Fsp3) is 0.333. The van der Waals surface area contributed by atoms with Crippen molar-refractivity contribution >= 4 is 35.1 Å². The topological polar surface area (TPSA) is 85.4 Å². The third-order valence-electron chi connectivity index (χ3n) is 4.03. The minimum Gasteiger partial charge on any atom is -0.453 e. The second-order valence-corrected chi connectivity index (χ2v) is 6.79. The van der Waals surface area contributed by atoms with Crippen LogP contribution in [0.3, 0.4) is 0 Å². The van der Waals surface area contributed by atoms with Crippen molar-refractivity contribution in [2.45, 2.75) is 45.6 Å². The molecule has 0 aliphatic heterocycles.